The van der Waals surface area contributed by atoms with E-state index in [4.69, 9.17) is 4.74 Å². The number of carbonyl (C=O) groups is 2. The minimum Gasteiger partial charge on any atom is -0.486 e. The molecule has 0 unspecified atom stereocenters. The molecule has 5 nitrogen and oxygen atoms in total. The van der Waals surface area contributed by atoms with Gasteiger partial charge < -0.3 is 15.4 Å². The Morgan fingerprint density at radius 2 is 2.05 bits per heavy atom. The number of amides is 1. The fraction of sp³-hybridized carbons (Fsp3) is 0.467. The summed E-state index contributed by atoms with van der Waals surface area (Å²) < 4.78 is 5.16. The maximum Gasteiger partial charge on any atom is 0.251 e. The molecule has 0 bridgehead atoms. The Labute approximate surface area is 119 Å². The number of benzene rings is 1. The summed E-state index contributed by atoms with van der Waals surface area (Å²) in [4.78, 5) is 22.2. The van der Waals surface area contributed by atoms with Gasteiger partial charge in [-0.25, -0.2) is 0 Å². The van der Waals surface area contributed by atoms with Gasteiger partial charge in [0.15, 0.2) is 6.29 Å². The monoisotopic (exact) mass is 278 g/mol. The molecule has 20 heavy (non-hydrogen) atoms. The first kappa shape index (κ1) is 16.2. The van der Waals surface area contributed by atoms with Crippen molar-refractivity contribution < 1.29 is 14.3 Å². The van der Waals surface area contributed by atoms with Crippen LogP contribution in [0.5, 0.6) is 5.75 Å². The number of hydrogen-bond donors (Lipinski definition) is 2. The molecule has 1 amide bonds. The summed E-state index contributed by atoms with van der Waals surface area (Å²) >= 11 is 0. The third-order valence-electron chi connectivity index (χ3n) is 2.48. The average Bonchev–Trinajstić information content (AvgIpc) is 2.40. The lowest BCUT2D eigenvalue weighted by Crippen LogP contribution is -2.41. The lowest BCUT2D eigenvalue weighted by Gasteiger charge is -2.20. The van der Waals surface area contributed by atoms with Crippen molar-refractivity contribution in [3.8, 4) is 5.75 Å². The molecule has 0 aliphatic carbocycles. The van der Waals surface area contributed by atoms with Crippen molar-refractivity contribution in [3.63, 3.8) is 0 Å². The van der Waals surface area contributed by atoms with Gasteiger partial charge in [0.2, 0.25) is 0 Å². The van der Waals surface area contributed by atoms with E-state index in [-0.39, 0.29) is 18.1 Å². The van der Waals surface area contributed by atoms with E-state index in [0.717, 1.165) is 0 Å². The Kier molecular flexibility index (Phi) is 6.18. The largest absolute Gasteiger partial charge is 0.486 e. The van der Waals surface area contributed by atoms with Crippen LogP contribution in [-0.4, -0.2) is 37.4 Å². The predicted molar refractivity (Wildman–Crippen MR) is 78.1 cm³/mol. The van der Waals surface area contributed by atoms with Gasteiger partial charge in [0.1, 0.15) is 12.4 Å². The molecule has 0 spiro atoms. The number of carbonyl (C=O) groups excluding carboxylic acids is 2. The van der Waals surface area contributed by atoms with Crippen LogP contribution >= 0.6 is 0 Å². The van der Waals surface area contributed by atoms with Crippen molar-refractivity contribution in [3.05, 3.63) is 29.8 Å². The van der Waals surface area contributed by atoms with Crippen LogP contribution in [0.4, 0.5) is 0 Å². The molecule has 0 heterocycles. The molecule has 0 atom stereocenters. The van der Waals surface area contributed by atoms with Crippen LogP contribution in [0.25, 0.3) is 0 Å². The molecule has 2 N–H and O–H groups in total. The molecule has 5 heteroatoms. The molecule has 1 aromatic carbocycles. The topological polar surface area (TPSA) is 67.4 Å². The Morgan fingerprint density at radius 1 is 1.30 bits per heavy atom. The van der Waals surface area contributed by atoms with E-state index in [9.17, 15) is 9.59 Å². The smallest absolute Gasteiger partial charge is 0.251 e. The van der Waals surface area contributed by atoms with Crippen molar-refractivity contribution in [2.75, 3.05) is 19.7 Å². The summed E-state index contributed by atoms with van der Waals surface area (Å²) in [6.45, 7) is 7.46. The second kappa shape index (κ2) is 7.65. The van der Waals surface area contributed by atoms with Gasteiger partial charge >= 0.3 is 0 Å². The number of aldehydes is 1. The standard InChI is InChI=1S/C15H22N2O3/c1-15(2,3)17-8-7-16-14(19)12-5-4-6-13(11-12)20-10-9-18/h4-6,9,11,17H,7-8,10H2,1-3H3,(H,16,19). The van der Waals surface area contributed by atoms with Crippen LogP contribution in [0.3, 0.4) is 0 Å². The molecule has 0 fully saturated rings. The second-order valence-corrected chi connectivity index (χ2v) is 5.44. The van der Waals surface area contributed by atoms with Crippen LogP contribution in [0.1, 0.15) is 31.1 Å². The second-order valence-electron chi connectivity index (χ2n) is 5.44. The highest BCUT2D eigenvalue weighted by Crippen LogP contribution is 2.12. The minimum atomic E-state index is -0.155. The summed E-state index contributed by atoms with van der Waals surface area (Å²) in [5.74, 6) is 0.356. The summed E-state index contributed by atoms with van der Waals surface area (Å²) in [5.41, 5.74) is 0.553. The molecule has 110 valence electrons. The van der Waals surface area contributed by atoms with Crippen molar-refractivity contribution in [2.45, 2.75) is 26.3 Å². The molecule has 0 saturated heterocycles. The number of rotatable bonds is 7. The molecule has 0 aliphatic heterocycles. The van der Waals surface area contributed by atoms with Crippen molar-refractivity contribution in [1.29, 1.82) is 0 Å². The zero-order chi connectivity index (χ0) is 15.0. The van der Waals surface area contributed by atoms with Gasteiger partial charge in [0.25, 0.3) is 5.91 Å². The van der Waals surface area contributed by atoms with E-state index in [1.165, 1.54) is 0 Å². The van der Waals surface area contributed by atoms with Crippen LogP contribution in [0, 0.1) is 0 Å². The SMILES string of the molecule is CC(C)(C)NCCNC(=O)c1cccc(OCC=O)c1. The van der Waals surface area contributed by atoms with E-state index in [0.29, 0.717) is 30.7 Å². The average molecular weight is 278 g/mol. The summed E-state index contributed by atoms with van der Waals surface area (Å²) in [6.07, 6.45) is 0.672. The Morgan fingerprint density at radius 3 is 2.70 bits per heavy atom. The first-order valence-electron chi connectivity index (χ1n) is 6.62. The molecule has 1 rings (SSSR count). The van der Waals surface area contributed by atoms with Gasteiger partial charge in [-0.2, -0.15) is 0 Å². The molecule has 1 aromatic rings. The lowest BCUT2D eigenvalue weighted by molar-refractivity contribution is -0.109. The highest BCUT2D eigenvalue weighted by atomic mass is 16.5. The zero-order valence-electron chi connectivity index (χ0n) is 12.2. The van der Waals surface area contributed by atoms with Gasteiger partial charge in [-0.05, 0) is 39.0 Å². The Hall–Kier alpha value is -1.88. The molecule has 0 saturated carbocycles. The van der Waals surface area contributed by atoms with Gasteiger partial charge in [0.05, 0.1) is 0 Å². The third kappa shape index (κ3) is 6.33. The lowest BCUT2D eigenvalue weighted by atomic mass is 10.1. The Bertz CT molecular complexity index is 453. The number of nitrogens with one attached hydrogen (secondary N) is 2. The van der Waals surface area contributed by atoms with Crippen LogP contribution in [-0.2, 0) is 4.79 Å². The maximum absolute atomic E-state index is 11.9. The molecule has 0 aliphatic rings. The number of ether oxygens (including phenoxy) is 1. The van der Waals surface area contributed by atoms with Crippen LogP contribution in [0.2, 0.25) is 0 Å². The fourth-order valence-electron chi connectivity index (χ4n) is 1.57. The minimum absolute atomic E-state index is 0.0133. The molecular formula is C15H22N2O3. The normalized spacial score (nSPS) is 10.9. The summed E-state index contributed by atoms with van der Waals surface area (Å²) in [5, 5.41) is 6.12. The Balaban J connectivity index is 2.44. The van der Waals surface area contributed by atoms with Crippen molar-refractivity contribution in [1.82, 2.24) is 10.6 Å². The van der Waals surface area contributed by atoms with E-state index in [1.807, 2.05) is 0 Å². The van der Waals surface area contributed by atoms with E-state index >= 15 is 0 Å². The van der Waals surface area contributed by atoms with Gasteiger partial charge in [-0.15, -0.1) is 0 Å². The summed E-state index contributed by atoms with van der Waals surface area (Å²) in [6, 6.07) is 6.76. The van der Waals surface area contributed by atoms with Crippen LogP contribution < -0.4 is 15.4 Å². The zero-order valence-corrected chi connectivity index (χ0v) is 12.2. The first-order valence-corrected chi connectivity index (χ1v) is 6.62. The first-order chi connectivity index (χ1) is 9.42. The molecule has 0 radical (unpaired) electrons. The highest BCUT2D eigenvalue weighted by Gasteiger charge is 2.09. The molecule has 0 aromatic heterocycles. The molecular weight excluding hydrogens is 256 g/mol. The van der Waals surface area contributed by atoms with Gasteiger partial charge in [0, 0.05) is 24.2 Å². The van der Waals surface area contributed by atoms with Crippen LogP contribution in [0.15, 0.2) is 24.3 Å². The van der Waals surface area contributed by atoms with E-state index in [2.05, 4.69) is 31.4 Å². The summed E-state index contributed by atoms with van der Waals surface area (Å²) in [7, 11) is 0. The third-order valence-corrected chi connectivity index (χ3v) is 2.48. The van der Waals surface area contributed by atoms with Crippen molar-refractivity contribution in [2.24, 2.45) is 0 Å². The predicted octanol–water partition coefficient (Wildman–Crippen LogP) is 1.38. The van der Waals surface area contributed by atoms with Gasteiger partial charge in [-0.3, -0.25) is 9.59 Å². The highest BCUT2D eigenvalue weighted by molar-refractivity contribution is 5.94. The number of hydrogen-bond acceptors (Lipinski definition) is 4. The van der Waals surface area contributed by atoms with E-state index in [1.54, 1.807) is 24.3 Å². The van der Waals surface area contributed by atoms with E-state index < -0.39 is 0 Å². The van der Waals surface area contributed by atoms with Gasteiger partial charge in [-0.1, -0.05) is 6.07 Å². The fourth-order valence-corrected chi connectivity index (χ4v) is 1.57. The van der Waals surface area contributed by atoms with Crippen molar-refractivity contribution >= 4 is 12.2 Å². The quantitative estimate of drug-likeness (QED) is 0.584. The maximum atomic E-state index is 11.9.